The number of hydrogen-bond acceptors (Lipinski definition) is 1. The van der Waals surface area contributed by atoms with Crippen molar-refractivity contribution in [3.8, 4) is 11.3 Å². The van der Waals surface area contributed by atoms with E-state index in [1.165, 1.54) is 62.7 Å². The van der Waals surface area contributed by atoms with E-state index in [0.717, 1.165) is 11.2 Å². The van der Waals surface area contributed by atoms with E-state index < -0.39 is 0 Å². The van der Waals surface area contributed by atoms with Crippen molar-refractivity contribution in [3.63, 3.8) is 0 Å². The molecule has 0 aliphatic heterocycles. The van der Waals surface area contributed by atoms with Crippen molar-refractivity contribution in [3.05, 3.63) is 64.3 Å². The van der Waals surface area contributed by atoms with E-state index in [-0.39, 0.29) is 10.8 Å². The average molecular weight is 413 g/mol. The maximum absolute atomic E-state index is 6.90. The lowest BCUT2D eigenvalue weighted by atomic mass is 9.63. The molecule has 0 radical (unpaired) electrons. The highest BCUT2D eigenvalue weighted by Crippen LogP contribution is 2.51. The molecule has 2 aromatic carbocycles. The molecule has 31 heavy (non-hydrogen) atoms. The molecule has 0 fully saturated rings. The van der Waals surface area contributed by atoms with Crippen molar-refractivity contribution in [1.29, 1.82) is 0 Å². The fourth-order valence-electron chi connectivity index (χ4n) is 5.82. The van der Waals surface area contributed by atoms with Crippen LogP contribution >= 0.6 is 0 Å². The number of furan rings is 1. The average Bonchev–Trinajstić information content (AvgIpc) is 3.06. The molecule has 0 saturated carbocycles. The minimum absolute atomic E-state index is 0.107. The number of benzene rings is 2. The summed E-state index contributed by atoms with van der Waals surface area (Å²) in [6.45, 7) is 16.1. The van der Waals surface area contributed by atoms with Gasteiger partial charge in [-0.15, -0.1) is 0 Å². The number of aromatic nitrogens is 1. The van der Waals surface area contributed by atoms with Gasteiger partial charge in [-0.2, -0.15) is 0 Å². The molecule has 2 heterocycles. The summed E-state index contributed by atoms with van der Waals surface area (Å²) >= 11 is 0. The first kappa shape index (κ1) is 20.3. The molecule has 0 saturated heterocycles. The zero-order chi connectivity index (χ0) is 22.3. The largest absolute Gasteiger partial charge is 0.455 e. The van der Waals surface area contributed by atoms with Crippen LogP contribution in [0.25, 0.3) is 33.2 Å². The molecule has 0 amide bonds. The van der Waals surface area contributed by atoms with Gasteiger partial charge < -0.3 is 4.42 Å². The van der Waals surface area contributed by atoms with Crippen LogP contribution in [0.15, 0.2) is 40.9 Å². The quantitative estimate of drug-likeness (QED) is 0.299. The molecule has 2 aromatic heterocycles. The smallest absolute Gasteiger partial charge is 0.216 e. The first-order valence-corrected chi connectivity index (χ1v) is 11.5. The molecule has 0 spiro atoms. The lowest BCUT2D eigenvalue weighted by Gasteiger charge is -2.41. The SMILES string of the molecule is Cc1ccc(-c2c(C)cc(C)c3c2oc2c4c(ccc23)C(C)(C)CCC4(C)C)[n+](C)c1. The van der Waals surface area contributed by atoms with Gasteiger partial charge in [-0.05, 0) is 67.2 Å². The molecule has 0 bridgehead atoms. The summed E-state index contributed by atoms with van der Waals surface area (Å²) in [6, 6.07) is 11.4. The molecular weight excluding hydrogens is 378 g/mol. The summed E-state index contributed by atoms with van der Waals surface area (Å²) in [7, 11) is 2.13. The summed E-state index contributed by atoms with van der Waals surface area (Å²) in [5.41, 5.74) is 11.5. The first-order chi connectivity index (χ1) is 14.5. The lowest BCUT2D eigenvalue weighted by Crippen LogP contribution is -2.33. The van der Waals surface area contributed by atoms with E-state index in [1.807, 2.05) is 0 Å². The van der Waals surface area contributed by atoms with Crippen LogP contribution in [0.4, 0.5) is 0 Å². The van der Waals surface area contributed by atoms with Gasteiger partial charge in [0.25, 0.3) is 0 Å². The van der Waals surface area contributed by atoms with Crippen LogP contribution in [0.2, 0.25) is 0 Å². The van der Waals surface area contributed by atoms with Crippen molar-refractivity contribution in [1.82, 2.24) is 0 Å². The van der Waals surface area contributed by atoms with Gasteiger partial charge in [0, 0.05) is 28.0 Å². The summed E-state index contributed by atoms with van der Waals surface area (Å²) in [5.74, 6) is 0. The maximum atomic E-state index is 6.90. The molecule has 1 aliphatic carbocycles. The van der Waals surface area contributed by atoms with Crippen LogP contribution < -0.4 is 4.57 Å². The van der Waals surface area contributed by atoms with Crippen LogP contribution in [0.1, 0.15) is 68.4 Å². The molecule has 1 aliphatic rings. The van der Waals surface area contributed by atoms with Crippen LogP contribution in [-0.4, -0.2) is 0 Å². The Balaban J connectivity index is 1.95. The van der Waals surface area contributed by atoms with E-state index >= 15 is 0 Å². The van der Waals surface area contributed by atoms with Crippen LogP contribution in [-0.2, 0) is 17.9 Å². The standard InChI is InChI=1S/C29H34NO/c1-17-9-12-22(30(8)16-17)24-19(3)15-18(2)23-20-10-11-21-25(26(20)31-27(23)24)29(6,7)14-13-28(21,4)5/h9-12,15-16H,13-14H2,1-8H3/q+1. The van der Waals surface area contributed by atoms with Gasteiger partial charge in [-0.25, -0.2) is 4.57 Å². The van der Waals surface area contributed by atoms with E-state index in [9.17, 15) is 0 Å². The highest BCUT2D eigenvalue weighted by molar-refractivity contribution is 6.12. The third-order valence-electron chi connectivity index (χ3n) is 7.63. The van der Waals surface area contributed by atoms with Crippen molar-refractivity contribution in [2.75, 3.05) is 0 Å². The number of fused-ring (bicyclic) bond motifs is 5. The summed E-state index contributed by atoms with van der Waals surface area (Å²) < 4.78 is 9.12. The predicted octanol–water partition coefficient (Wildman–Crippen LogP) is 7.35. The van der Waals surface area contributed by atoms with Gasteiger partial charge in [0.1, 0.15) is 18.2 Å². The Morgan fingerprint density at radius 3 is 2.26 bits per heavy atom. The Bertz CT molecular complexity index is 1370. The number of hydrogen-bond donors (Lipinski definition) is 0. The minimum atomic E-state index is 0.107. The van der Waals surface area contributed by atoms with Crippen LogP contribution in [0.5, 0.6) is 0 Å². The van der Waals surface area contributed by atoms with Gasteiger partial charge >= 0.3 is 0 Å². The van der Waals surface area contributed by atoms with Crippen LogP contribution in [0.3, 0.4) is 0 Å². The number of nitrogens with zero attached hydrogens (tertiary/aromatic N) is 1. The molecule has 2 nitrogen and oxygen atoms in total. The fraction of sp³-hybridized carbons (Fsp3) is 0.414. The van der Waals surface area contributed by atoms with E-state index in [2.05, 4.69) is 96.6 Å². The van der Waals surface area contributed by atoms with Gasteiger partial charge in [0.2, 0.25) is 5.69 Å². The highest BCUT2D eigenvalue weighted by Gasteiger charge is 2.40. The fourth-order valence-corrected chi connectivity index (χ4v) is 5.82. The molecule has 4 aromatic rings. The topological polar surface area (TPSA) is 17.0 Å². The van der Waals surface area contributed by atoms with E-state index in [1.54, 1.807) is 0 Å². The molecule has 0 unspecified atom stereocenters. The van der Waals surface area contributed by atoms with Crippen molar-refractivity contribution in [2.24, 2.45) is 7.05 Å². The Labute approximate surface area is 185 Å². The van der Waals surface area contributed by atoms with Crippen molar-refractivity contribution in [2.45, 2.75) is 72.1 Å². The van der Waals surface area contributed by atoms with E-state index in [0.29, 0.717) is 0 Å². The van der Waals surface area contributed by atoms with Gasteiger partial charge in [-0.1, -0.05) is 45.9 Å². The van der Waals surface area contributed by atoms with Gasteiger partial charge in [0.15, 0.2) is 6.20 Å². The summed E-state index contributed by atoms with van der Waals surface area (Å²) in [5, 5.41) is 2.52. The van der Waals surface area contributed by atoms with Gasteiger partial charge in [-0.3, -0.25) is 0 Å². The molecule has 5 rings (SSSR count). The van der Waals surface area contributed by atoms with E-state index in [4.69, 9.17) is 4.42 Å². The zero-order valence-electron chi connectivity index (χ0n) is 20.2. The Morgan fingerprint density at radius 2 is 1.55 bits per heavy atom. The Morgan fingerprint density at radius 1 is 0.839 bits per heavy atom. The second-order valence-corrected chi connectivity index (χ2v) is 11.0. The van der Waals surface area contributed by atoms with Gasteiger partial charge in [0.05, 0.1) is 5.56 Å². The molecule has 2 heteroatoms. The molecular formula is C29H34NO+. The first-order valence-electron chi connectivity index (χ1n) is 11.5. The normalized spacial score (nSPS) is 17.3. The molecule has 0 atom stereocenters. The third-order valence-corrected chi connectivity index (χ3v) is 7.63. The second kappa shape index (κ2) is 6.45. The number of rotatable bonds is 1. The number of aryl methyl sites for hydroxylation is 4. The molecule has 0 N–H and O–H groups in total. The second-order valence-electron chi connectivity index (χ2n) is 11.0. The predicted molar refractivity (Wildman–Crippen MR) is 130 cm³/mol. The Hall–Kier alpha value is -2.61. The highest BCUT2D eigenvalue weighted by atomic mass is 16.3. The monoisotopic (exact) mass is 412 g/mol. The molecule has 160 valence electrons. The maximum Gasteiger partial charge on any atom is 0.216 e. The minimum Gasteiger partial charge on any atom is -0.455 e. The third kappa shape index (κ3) is 2.87. The zero-order valence-corrected chi connectivity index (χ0v) is 20.2. The Kier molecular flexibility index (Phi) is 4.22. The summed E-state index contributed by atoms with van der Waals surface area (Å²) in [4.78, 5) is 0. The van der Waals surface area contributed by atoms with Crippen molar-refractivity contribution >= 4 is 21.9 Å². The lowest BCUT2D eigenvalue weighted by molar-refractivity contribution is -0.660. The van der Waals surface area contributed by atoms with Crippen molar-refractivity contribution < 1.29 is 8.98 Å². The number of pyridine rings is 1. The van der Waals surface area contributed by atoms with Crippen LogP contribution in [0, 0.1) is 20.8 Å². The summed E-state index contributed by atoms with van der Waals surface area (Å²) in [6.07, 6.45) is 4.58.